The Hall–Kier alpha value is -2.07. The van der Waals surface area contributed by atoms with Crippen LogP contribution in [0.1, 0.15) is 0 Å². The van der Waals surface area contributed by atoms with Crippen molar-refractivity contribution in [3.8, 4) is 0 Å². The molecule has 3 rings (SSSR count). The fraction of sp³-hybridized carbons (Fsp3) is 0. The van der Waals surface area contributed by atoms with Crippen LogP contribution < -0.4 is 5.73 Å². The van der Waals surface area contributed by atoms with Crippen LogP contribution in [-0.4, -0.2) is 9.97 Å². The smallest absolute Gasteiger partial charge is 0.101 e. The summed E-state index contributed by atoms with van der Waals surface area (Å²) in [5.74, 6) is 0. The third-order valence-corrected chi connectivity index (χ3v) is 3.61. The number of fused-ring (bicyclic) bond motifs is 1. The summed E-state index contributed by atoms with van der Waals surface area (Å²) in [5, 5.41) is 2.07. The molecule has 0 bridgehead atoms. The topological polar surface area (TPSA) is 51.8 Å². The molecule has 3 nitrogen and oxygen atoms in total. The van der Waals surface area contributed by atoms with Crippen molar-refractivity contribution in [1.29, 1.82) is 0 Å². The zero-order valence-electron chi connectivity index (χ0n) is 9.58. The van der Waals surface area contributed by atoms with Gasteiger partial charge in [-0.3, -0.25) is 4.98 Å². The lowest BCUT2D eigenvalue weighted by atomic mass is 10.2. The first-order chi connectivity index (χ1) is 8.83. The molecule has 3 aromatic rings. The van der Waals surface area contributed by atoms with Crippen molar-refractivity contribution in [2.24, 2.45) is 0 Å². The SMILES string of the molecule is Nc1ccc2c(Sc3ccccn3)ccnc2c1. The minimum absolute atomic E-state index is 0.731. The van der Waals surface area contributed by atoms with E-state index in [1.807, 2.05) is 42.5 Å². The molecule has 1 aromatic carbocycles. The second kappa shape index (κ2) is 4.66. The Morgan fingerprint density at radius 3 is 2.72 bits per heavy atom. The van der Waals surface area contributed by atoms with E-state index in [9.17, 15) is 0 Å². The van der Waals surface area contributed by atoms with Gasteiger partial charge in [-0.15, -0.1) is 0 Å². The first-order valence-electron chi connectivity index (χ1n) is 5.56. The number of hydrogen-bond acceptors (Lipinski definition) is 4. The van der Waals surface area contributed by atoms with Crippen LogP contribution in [0.5, 0.6) is 0 Å². The third-order valence-electron chi connectivity index (χ3n) is 2.58. The predicted octanol–water partition coefficient (Wildman–Crippen LogP) is 3.36. The average molecular weight is 253 g/mol. The van der Waals surface area contributed by atoms with Crippen LogP contribution >= 0.6 is 11.8 Å². The maximum absolute atomic E-state index is 5.77. The Morgan fingerprint density at radius 2 is 1.89 bits per heavy atom. The monoisotopic (exact) mass is 253 g/mol. The van der Waals surface area contributed by atoms with Crippen molar-refractivity contribution in [3.63, 3.8) is 0 Å². The summed E-state index contributed by atoms with van der Waals surface area (Å²) in [5.41, 5.74) is 7.41. The number of pyridine rings is 2. The number of rotatable bonds is 2. The van der Waals surface area contributed by atoms with Crippen LogP contribution in [0.2, 0.25) is 0 Å². The maximum atomic E-state index is 5.77. The molecule has 2 heterocycles. The molecule has 0 unspecified atom stereocenters. The Balaban J connectivity index is 2.07. The Labute approximate surface area is 109 Å². The molecule has 0 radical (unpaired) electrons. The van der Waals surface area contributed by atoms with E-state index in [0.29, 0.717) is 0 Å². The maximum Gasteiger partial charge on any atom is 0.101 e. The largest absolute Gasteiger partial charge is 0.399 e. The van der Waals surface area contributed by atoms with Crippen molar-refractivity contribution in [2.45, 2.75) is 9.92 Å². The first-order valence-corrected chi connectivity index (χ1v) is 6.38. The van der Waals surface area contributed by atoms with Crippen molar-refractivity contribution in [2.75, 3.05) is 5.73 Å². The summed E-state index contributed by atoms with van der Waals surface area (Å²) in [6, 6.07) is 13.7. The molecule has 0 aliphatic rings. The van der Waals surface area contributed by atoms with Crippen molar-refractivity contribution >= 4 is 28.4 Å². The van der Waals surface area contributed by atoms with Gasteiger partial charge in [0.15, 0.2) is 0 Å². The van der Waals surface area contributed by atoms with Gasteiger partial charge >= 0.3 is 0 Å². The van der Waals surface area contributed by atoms with E-state index in [0.717, 1.165) is 26.5 Å². The molecular weight excluding hydrogens is 242 g/mol. The van der Waals surface area contributed by atoms with Gasteiger partial charge in [0.2, 0.25) is 0 Å². The summed E-state index contributed by atoms with van der Waals surface area (Å²) < 4.78 is 0. The Morgan fingerprint density at radius 1 is 0.944 bits per heavy atom. The quantitative estimate of drug-likeness (QED) is 0.711. The average Bonchev–Trinajstić information content (AvgIpc) is 2.40. The number of anilines is 1. The van der Waals surface area contributed by atoms with Crippen LogP contribution in [0.25, 0.3) is 10.9 Å². The molecule has 0 spiro atoms. The fourth-order valence-corrected chi connectivity index (χ4v) is 2.64. The van der Waals surface area contributed by atoms with E-state index in [-0.39, 0.29) is 0 Å². The molecule has 0 amide bonds. The molecule has 0 aliphatic heterocycles. The van der Waals surface area contributed by atoms with E-state index >= 15 is 0 Å². The van der Waals surface area contributed by atoms with Crippen molar-refractivity contribution < 1.29 is 0 Å². The highest BCUT2D eigenvalue weighted by atomic mass is 32.2. The number of nitrogen functional groups attached to an aromatic ring is 1. The highest BCUT2D eigenvalue weighted by Gasteiger charge is 2.04. The molecule has 0 fully saturated rings. The van der Waals surface area contributed by atoms with Gasteiger partial charge in [-0.25, -0.2) is 4.98 Å². The molecule has 4 heteroatoms. The number of nitrogens with zero attached hydrogens (tertiary/aromatic N) is 2. The number of aromatic nitrogens is 2. The standard InChI is InChI=1S/C14H11N3S/c15-10-4-5-11-12(9-10)16-8-6-13(11)18-14-3-1-2-7-17-14/h1-9H,15H2. The molecule has 0 saturated heterocycles. The highest BCUT2D eigenvalue weighted by molar-refractivity contribution is 7.99. The van der Waals surface area contributed by atoms with Gasteiger partial charge in [0.1, 0.15) is 5.03 Å². The summed E-state index contributed by atoms with van der Waals surface area (Å²) in [6.07, 6.45) is 3.59. The number of benzene rings is 1. The van der Waals surface area contributed by atoms with Gasteiger partial charge in [-0.05, 0) is 36.4 Å². The zero-order valence-corrected chi connectivity index (χ0v) is 10.4. The summed E-state index contributed by atoms with van der Waals surface area (Å²) in [4.78, 5) is 9.78. The number of nitrogens with two attached hydrogens (primary N) is 1. The van der Waals surface area contributed by atoms with Crippen LogP contribution in [0.15, 0.2) is 64.8 Å². The van der Waals surface area contributed by atoms with Crippen LogP contribution in [0.3, 0.4) is 0 Å². The van der Waals surface area contributed by atoms with Crippen LogP contribution in [-0.2, 0) is 0 Å². The molecule has 18 heavy (non-hydrogen) atoms. The lowest BCUT2D eigenvalue weighted by Gasteiger charge is -2.05. The molecule has 2 N–H and O–H groups in total. The van der Waals surface area contributed by atoms with E-state index in [4.69, 9.17) is 5.73 Å². The summed E-state index contributed by atoms with van der Waals surface area (Å²) in [7, 11) is 0. The zero-order chi connectivity index (χ0) is 12.4. The molecule has 0 aliphatic carbocycles. The van der Waals surface area contributed by atoms with Crippen molar-refractivity contribution in [1.82, 2.24) is 9.97 Å². The van der Waals surface area contributed by atoms with Crippen molar-refractivity contribution in [3.05, 3.63) is 54.9 Å². The molecule has 0 atom stereocenters. The van der Waals surface area contributed by atoms with E-state index in [2.05, 4.69) is 9.97 Å². The van der Waals surface area contributed by atoms with Crippen LogP contribution in [0.4, 0.5) is 5.69 Å². The molecule has 0 saturated carbocycles. The van der Waals surface area contributed by atoms with Gasteiger partial charge < -0.3 is 5.73 Å². The van der Waals surface area contributed by atoms with E-state index < -0.39 is 0 Å². The predicted molar refractivity (Wildman–Crippen MR) is 74.5 cm³/mol. The van der Waals surface area contributed by atoms with Crippen LogP contribution in [0, 0.1) is 0 Å². The lowest BCUT2D eigenvalue weighted by molar-refractivity contribution is 1.13. The number of hydrogen-bond donors (Lipinski definition) is 1. The lowest BCUT2D eigenvalue weighted by Crippen LogP contribution is -1.87. The second-order valence-electron chi connectivity index (χ2n) is 3.86. The highest BCUT2D eigenvalue weighted by Crippen LogP contribution is 2.31. The Bertz CT molecular complexity index is 683. The third kappa shape index (κ3) is 2.15. The fourth-order valence-electron chi connectivity index (χ4n) is 1.75. The van der Waals surface area contributed by atoms with E-state index in [1.165, 1.54) is 0 Å². The van der Waals surface area contributed by atoms with Gasteiger partial charge in [-0.1, -0.05) is 17.8 Å². The van der Waals surface area contributed by atoms with E-state index in [1.54, 1.807) is 24.2 Å². The normalized spacial score (nSPS) is 10.7. The minimum Gasteiger partial charge on any atom is -0.399 e. The van der Waals surface area contributed by atoms with Gasteiger partial charge in [-0.2, -0.15) is 0 Å². The van der Waals surface area contributed by atoms with Gasteiger partial charge in [0.25, 0.3) is 0 Å². The molecule has 88 valence electrons. The summed E-state index contributed by atoms with van der Waals surface area (Å²) in [6.45, 7) is 0. The summed E-state index contributed by atoms with van der Waals surface area (Å²) >= 11 is 1.63. The first kappa shape index (κ1) is 11.0. The molecule has 2 aromatic heterocycles. The molecular formula is C14H11N3S. The Kier molecular flexibility index (Phi) is 2.86. The minimum atomic E-state index is 0.731. The van der Waals surface area contributed by atoms with Gasteiger partial charge in [0, 0.05) is 28.4 Å². The second-order valence-corrected chi connectivity index (χ2v) is 4.92. The van der Waals surface area contributed by atoms with Gasteiger partial charge in [0.05, 0.1) is 5.52 Å².